The lowest BCUT2D eigenvalue weighted by atomic mass is 10.1. The van der Waals surface area contributed by atoms with E-state index in [1.165, 1.54) is 34.0 Å². The van der Waals surface area contributed by atoms with Gasteiger partial charge >= 0.3 is 0 Å². The van der Waals surface area contributed by atoms with Crippen LogP contribution in [0.2, 0.25) is 51.4 Å². The number of fused-ring (bicyclic) bond motifs is 3. The largest absolute Gasteiger partial charge is 0.400 e. The number of ether oxygens (including phenoxy) is 2. The number of aliphatic hydroxyl groups is 1. The van der Waals surface area contributed by atoms with E-state index in [4.69, 9.17) is 35.3 Å². The van der Waals surface area contributed by atoms with Crippen LogP contribution in [-0.4, -0.2) is 191 Å². The van der Waals surface area contributed by atoms with Crippen LogP contribution in [0.1, 0.15) is 81.6 Å². The number of anilines is 7. The van der Waals surface area contributed by atoms with Crippen molar-refractivity contribution in [3.63, 3.8) is 0 Å². The number of nitrogen functional groups attached to an aromatic ring is 1. The Kier molecular flexibility index (Phi) is 24.7. The summed E-state index contributed by atoms with van der Waals surface area (Å²) in [6.07, 6.45) is 12.5. The van der Waals surface area contributed by atoms with Crippen molar-refractivity contribution in [2.24, 2.45) is 0 Å². The maximum atomic E-state index is 13.0. The van der Waals surface area contributed by atoms with Gasteiger partial charge in [-0.3, -0.25) is 19.5 Å². The molecule has 0 aliphatic carbocycles. The third-order valence-corrected chi connectivity index (χ3v) is 23.2. The van der Waals surface area contributed by atoms with Crippen LogP contribution in [0.15, 0.2) is 66.4 Å². The van der Waals surface area contributed by atoms with Crippen molar-refractivity contribution in [1.82, 2.24) is 74.6 Å². The number of hydrogen-bond acceptors (Lipinski definition) is 25. The van der Waals surface area contributed by atoms with Crippen LogP contribution in [0, 0.1) is 0 Å². The molecule has 536 valence electrons. The Hall–Kier alpha value is -8.32. The number of aliphatic hydroxyl groups excluding tert-OH is 1. The fourth-order valence-electron chi connectivity index (χ4n) is 12.0. The van der Waals surface area contributed by atoms with Crippen molar-refractivity contribution >= 4 is 108 Å². The number of nitrogens with zero attached hydrogens (tertiary/aromatic N) is 20. The van der Waals surface area contributed by atoms with Crippen LogP contribution in [-0.2, 0) is 37.3 Å². The summed E-state index contributed by atoms with van der Waals surface area (Å²) in [6, 6.07) is 7.52. The second-order valence-electron chi connectivity index (χ2n) is 27.6. The molecule has 0 unspecified atom stereocenters. The molecule has 3 amide bonds. The molecule has 33 heteroatoms. The molecule has 9 aromatic heterocycles. The normalized spacial score (nSPS) is 16.2. The van der Waals surface area contributed by atoms with E-state index in [1.807, 2.05) is 49.2 Å². The molecule has 0 bridgehead atoms. The lowest BCUT2D eigenvalue weighted by molar-refractivity contribution is -0.120. The van der Waals surface area contributed by atoms with Crippen LogP contribution in [0.25, 0.3) is 66.3 Å². The number of thiazole rings is 3. The van der Waals surface area contributed by atoms with Crippen molar-refractivity contribution in [2.75, 3.05) is 76.6 Å². The number of hydrogen-bond donors (Lipinski definition) is 3. The maximum Gasteiger partial charge on any atom is 0.249 e. The highest BCUT2D eigenvalue weighted by molar-refractivity contribution is 7.19. The van der Waals surface area contributed by atoms with Crippen LogP contribution >= 0.6 is 34.0 Å². The minimum absolute atomic E-state index is 0.0517. The Morgan fingerprint density at radius 2 is 0.910 bits per heavy atom. The SMILES string of the molecule is CC[C@@H]1C(=O)N(C)c2cnc(-c3sc(N)nc3-c3ccnn3COCC[Si](C)(C)C)nc2N1C(C)C.CC[C@@H]1C(=O)N(C)c2cnc(-c3scnc3-c3ccn[nH]3)nc2N1C(C)C.CC[C@@H]1C(=O)N(C)c2cnc(-c3scnc3-c3ccnn3COCC[Si](C)(C)C)nc2N1C(C)C.CO. The fourth-order valence-corrected chi connectivity index (χ4v) is 15.8. The van der Waals surface area contributed by atoms with E-state index in [1.54, 1.807) is 83.2 Å². The Morgan fingerprint density at radius 3 is 1.28 bits per heavy atom. The number of H-pyrrole nitrogens is 1. The van der Waals surface area contributed by atoms with Gasteiger partial charge in [-0.1, -0.05) is 71.4 Å². The molecule has 3 aliphatic heterocycles. The maximum absolute atomic E-state index is 13.0. The van der Waals surface area contributed by atoms with Gasteiger partial charge in [0.15, 0.2) is 40.1 Å². The smallest absolute Gasteiger partial charge is 0.249 e. The van der Waals surface area contributed by atoms with Crippen LogP contribution in [0.3, 0.4) is 0 Å². The highest BCUT2D eigenvalue weighted by atomic mass is 32.1. The highest BCUT2D eigenvalue weighted by Gasteiger charge is 2.42. The van der Waals surface area contributed by atoms with E-state index < -0.39 is 16.1 Å². The Labute approximate surface area is 599 Å². The summed E-state index contributed by atoms with van der Waals surface area (Å²) in [5.74, 6) is 4.22. The minimum atomic E-state index is -1.18. The molecule has 4 N–H and O–H groups in total. The second-order valence-corrected chi connectivity index (χ2v) is 41.5. The summed E-state index contributed by atoms with van der Waals surface area (Å²) in [5.41, 5.74) is 16.6. The van der Waals surface area contributed by atoms with Crippen molar-refractivity contribution in [3.8, 4) is 66.3 Å². The summed E-state index contributed by atoms with van der Waals surface area (Å²) in [4.78, 5) is 94.8. The van der Waals surface area contributed by atoms with Crippen molar-refractivity contribution in [3.05, 3.63) is 66.4 Å². The average Bonchev–Trinajstić information content (AvgIpc) is 1.40. The predicted octanol–water partition coefficient (Wildman–Crippen LogP) is 11.6. The van der Waals surface area contributed by atoms with Gasteiger partial charge in [0.1, 0.15) is 80.4 Å². The third kappa shape index (κ3) is 16.4. The molecule has 0 aromatic carbocycles. The first-order valence-electron chi connectivity index (χ1n) is 33.7. The fraction of sp³-hybridized carbons (Fsp3) is 0.507. The number of rotatable bonds is 22. The number of carbonyl (C=O) groups is 3. The Balaban J connectivity index is 0.000000174. The summed E-state index contributed by atoms with van der Waals surface area (Å²) in [5, 5.41) is 23.3. The lowest BCUT2D eigenvalue weighted by Gasteiger charge is -2.42. The van der Waals surface area contributed by atoms with Crippen LogP contribution in [0.4, 0.5) is 39.6 Å². The molecule has 0 saturated heterocycles. The lowest BCUT2D eigenvalue weighted by Crippen LogP contribution is -2.54. The number of nitrogens with one attached hydrogen (secondary N) is 1. The molecule has 12 heterocycles. The number of amides is 3. The van der Waals surface area contributed by atoms with Gasteiger partial charge < -0.3 is 49.7 Å². The first kappa shape index (κ1) is 75.9. The molecule has 3 atom stereocenters. The van der Waals surface area contributed by atoms with E-state index in [0.29, 0.717) is 66.9 Å². The zero-order valence-corrected chi connectivity index (χ0v) is 65.4. The molecule has 100 heavy (non-hydrogen) atoms. The van der Waals surface area contributed by atoms with Crippen LogP contribution in [0.5, 0.6) is 0 Å². The summed E-state index contributed by atoms with van der Waals surface area (Å²) in [6.45, 7) is 34.7. The quantitative estimate of drug-likeness (QED) is 0.0419. The van der Waals surface area contributed by atoms with E-state index in [9.17, 15) is 14.4 Å². The van der Waals surface area contributed by atoms with Crippen LogP contribution < -0.4 is 35.1 Å². The molecular formula is C67H96N22O6S3Si2. The summed E-state index contributed by atoms with van der Waals surface area (Å²) < 4.78 is 15.5. The number of aromatic nitrogens is 15. The highest BCUT2D eigenvalue weighted by Crippen LogP contribution is 2.44. The Bertz CT molecular complexity index is 4230. The second kappa shape index (κ2) is 32.6. The number of aromatic amines is 1. The van der Waals surface area contributed by atoms with E-state index in [0.717, 1.165) is 104 Å². The molecule has 3 aliphatic rings. The van der Waals surface area contributed by atoms with Gasteiger partial charge in [0.05, 0.1) is 46.7 Å². The molecule has 9 aromatic rings. The summed E-state index contributed by atoms with van der Waals surface area (Å²) in [7, 11) is 4.03. The predicted molar refractivity (Wildman–Crippen MR) is 406 cm³/mol. The zero-order chi connectivity index (χ0) is 72.7. The summed E-state index contributed by atoms with van der Waals surface area (Å²) >= 11 is 4.32. The van der Waals surface area contributed by atoms with Crippen molar-refractivity contribution in [1.29, 1.82) is 0 Å². The molecule has 28 nitrogen and oxygen atoms in total. The van der Waals surface area contributed by atoms with Crippen molar-refractivity contribution < 1.29 is 29.0 Å². The van der Waals surface area contributed by atoms with Gasteiger partial charge in [-0.05, 0) is 91.1 Å². The Morgan fingerprint density at radius 1 is 0.530 bits per heavy atom. The van der Waals surface area contributed by atoms with Crippen molar-refractivity contribution in [2.45, 2.75) is 183 Å². The van der Waals surface area contributed by atoms with Gasteiger partial charge in [-0.2, -0.15) is 15.3 Å². The minimum Gasteiger partial charge on any atom is -0.400 e. The molecule has 0 radical (unpaired) electrons. The van der Waals surface area contributed by atoms with Gasteiger partial charge in [0.25, 0.3) is 0 Å². The molecule has 12 rings (SSSR count). The van der Waals surface area contributed by atoms with Gasteiger partial charge in [0.2, 0.25) is 17.7 Å². The number of carbonyl (C=O) groups excluding carboxylic acids is 3. The molecular weight excluding hydrogens is 1360 g/mol. The standard InChI is InChI=1S/C24H36N8O2SSi.C24H35N7O2SSi.C18H21N7OS.CH4O/c1-8-16-23(33)30(4)18-13-26-21(29-22(18)32(16)15(2)3)20-19(28-24(25)35-20)17-9-10-27-31(17)14-34-11-12-36(5,6)7;1-8-17-24(32)29(4)19-13-25-22(28-23(19)31(17)16(2)3)21-20(26-14-34-21)18-9-10-27-30(18)15-33-11-12-35(5,6)7;1-5-12-18(26)24(4)13-8-19-16(22-17(13)25(12)10(2)3)15-14(20-9-27-15)11-6-7-21-23-11;1-2/h9-10,13,15-16H,8,11-12,14H2,1-7H3,(H2,25,28);9-10,13-14,16-17H,8,11-12,15H2,1-7H3;6-10,12H,5H2,1-4H3,(H,21,23);2H,1H3/t16-;17-;12-;/m111./s1. The monoisotopic (exact) mass is 1460 g/mol. The number of nitrogens with two attached hydrogens (primary N) is 1. The van der Waals surface area contributed by atoms with Gasteiger partial charge in [0, 0.05) is 94.3 Å². The first-order valence-corrected chi connectivity index (χ1v) is 43.7. The molecule has 0 fully saturated rings. The third-order valence-electron chi connectivity index (χ3n) is 17.2. The average molecular weight is 1460 g/mol. The zero-order valence-electron chi connectivity index (χ0n) is 60.9. The topological polar surface area (TPSA) is 316 Å². The van der Waals surface area contributed by atoms with Gasteiger partial charge in [-0.15, -0.1) is 22.7 Å². The van der Waals surface area contributed by atoms with Gasteiger partial charge in [-0.25, -0.2) is 54.2 Å². The van der Waals surface area contributed by atoms with E-state index in [-0.39, 0.29) is 54.0 Å². The van der Waals surface area contributed by atoms with E-state index >= 15 is 0 Å². The van der Waals surface area contributed by atoms with E-state index in [2.05, 4.69) is 146 Å². The first-order chi connectivity index (χ1) is 47.7. The number of likely N-dealkylation sites (N-methyl/N-ethyl adjacent to an activating group) is 3. The molecule has 0 spiro atoms. The molecule has 0 saturated carbocycles.